The molecular formula is C15H18N2O. The SMILES string of the molecule is Cc1ccc2cc(C(=O)NC3CCCC3)[nH]c2c1. The molecule has 0 saturated heterocycles. The number of H-pyrrole nitrogens is 1. The number of hydrogen-bond acceptors (Lipinski definition) is 1. The first-order valence-corrected chi connectivity index (χ1v) is 6.62. The zero-order chi connectivity index (χ0) is 12.5. The van der Waals surface area contributed by atoms with E-state index in [4.69, 9.17) is 0 Å². The number of aromatic amines is 1. The number of carbonyl (C=O) groups excluding carboxylic acids is 1. The molecule has 2 aromatic rings. The third kappa shape index (κ3) is 2.13. The summed E-state index contributed by atoms with van der Waals surface area (Å²) in [5.74, 6) is 0.0238. The second-order valence-electron chi connectivity index (χ2n) is 5.23. The molecule has 0 aliphatic heterocycles. The first-order valence-electron chi connectivity index (χ1n) is 6.62. The van der Waals surface area contributed by atoms with Gasteiger partial charge in [0, 0.05) is 16.9 Å². The van der Waals surface area contributed by atoms with E-state index in [1.54, 1.807) is 0 Å². The second kappa shape index (κ2) is 4.48. The summed E-state index contributed by atoms with van der Waals surface area (Å²) in [4.78, 5) is 15.3. The first-order chi connectivity index (χ1) is 8.72. The summed E-state index contributed by atoms with van der Waals surface area (Å²) in [7, 11) is 0. The molecule has 1 fully saturated rings. The van der Waals surface area contributed by atoms with Crippen molar-refractivity contribution in [3.05, 3.63) is 35.5 Å². The van der Waals surface area contributed by atoms with Crippen molar-refractivity contribution in [2.24, 2.45) is 0 Å². The van der Waals surface area contributed by atoms with Crippen LogP contribution in [-0.2, 0) is 0 Å². The predicted octanol–water partition coefficient (Wildman–Crippen LogP) is 3.15. The molecule has 2 N–H and O–H groups in total. The maximum atomic E-state index is 12.1. The smallest absolute Gasteiger partial charge is 0.267 e. The molecule has 3 heteroatoms. The predicted molar refractivity (Wildman–Crippen MR) is 72.8 cm³/mol. The Hall–Kier alpha value is -1.77. The molecule has 1 saturated carbocycles. The molecule has 1 aliphatic carbocycles. The number of carbonyl (C=O) groups is 1. The van der Waals surface area contributed by atoms with Crippen molar-refractivity contribution >= 4 is 16.8 Å². The maximum absolute atomic E-state index is 12.1. The summed E-state index contributed by atoms with van der Waals surface area (Å²) in [5, 5.41) is 4.20. The normalized spacial score (nSPS) is 16.3. The van der Waals surface area contributed by atoms with Crippen molar-refractivity contribution in [2.75, 3.05) is 0 Å². The molecule has 0 atom stereocenters. The highest BCUT2D eigenvalue weighted by molar-refractivity contribution is 5.98. The maximum Gasteiger partial charge on any atom is 0.267 e. The topological polar surface area (TPSA) is 44.9 Å². The lowest BCUT2D eigenvalue weighted by atomic mass is 10.2. The number of rotatable bonds is 2. The molecule has 1 heterocycles. The summed E-state index contributed by atoms with van der Waals surface area (Å²) < 4.78 is 0. The second-order valence-corrected chi connectivity index (χ2v) is 5.23. The van der Waals surface area contributed by atoms with Gasteiger partial charge in [0.05, 0.1) is 0 Å². The average molecular weight is 242 g/mol. The van der Waals surface area contributed by atoms with Crippen molar-refractivity contribution in [1.29, 1.82) is 0 Å². The van der Waals surface area contributed by atoms with Crippen molar-refractivity contribution in [2.45, 2.75) is 38.6 Å². The number of fused-ring (bicyclic) bond motifs is 1. The van der Waals surface area contributed by atoms with Crippen LogP contribution >= 0.6 is 0 Å². The minimum Gasteiger partial charge on any atom is -0.351 e. The van der Waals surface area contributed by atoms with Crippen LogP contribution in [0, 0.1) is 6.92 Å². The van der Waals surface area contributed by atoms with Gasteiger partial charge in [-0.3, -0.25) is 4.79 Å². The molecule has 0 radical (unpaired) electrons. The van der Waals surface area contributed by atoms with Crippen LogP contribution in [0.1, 0.15) is 41.7 Å². The minimum absolute atomic E-state index is 0.0238. The summed E-state index contributed by atoms with van der Waals surface area (Å²) in [6, 6.07) is 8.48. The number of aryl methyl sites for hydroxylation is 1. The van der Waals surface area contributed by atoms with Crippen LogP contribution in [0.25, 0.3) is 10.9 Å². The zero-order valence-electron chi connectivity index (χ0n) is 10.6. The van der Waals surface area contributed by atoms with Crippen LogP contribution in [0.4, 0.5) is 0 Å². The lowest BCUT2D eigenvalue weighted by Crippen LogP contribution is -2.32. The molecule has 1 amide bonds. The standard InChI is InChI=1S/C15H18N2O/c1-10-6-7-11-9-14(17-13(11)8-10)15(18)16-12-4-2-3-5-12/h6-9,12,17H,2-5H2,1H3,(H,16,18). The largest absolute Gasteiger partial charge is 0.351 e. The lowest BCUT2D eigenvalue weighted by molar-refractivity contribution is 0.0933. The molecule has 0 unspecified atom stereocenters. The van der Waals surface area contributed by atoms with E-state index in [1.807, 2.05) is 12.1 Å². The van der Waals surface area contributed by atoms with Crippen LogP contribution in [0.15, 0.2) is 24.3 Å². The van der Waals surface area contributed by atoms with E-state index < -0.39 is 0 Å². The Balaban J connectivity index is 1.82. The highest BCUT2D eigenvalue weighted by Crippen LogP contribution is 2.20. The van der Waals surface area contributed by atoms with Gasteiger partial charge in [-0.1, -0.05) is 25.0 Å². The van der Waals surface area contributed by atoms with Gasteiger partial charge < -0.3 is 10.3 Å². The van der Waals surface area contributed by atoms with Gasteiger partial charge >= 0.3 is 0 Å². The third-order valence-corrected chi connectivity index (χ3v) is 3.71. The van der Waals surface area contributed by atoms with Crippen molar-refractivity contribution in [3.63, 3.8) is 0 Å². The summed E-state index contributed by atoms with van der Waals surface area (Å²) >= 11 is 0. The van der Waals surface area contributed by atoms with Crippen LogP contribution in [0.2, 0.25) is 0 Å². The van der Waals surface area contributed by atoms with Gasteiger partial charge in [0.2, 0.25) is 0 Å². The van der Waals surface area contributed by atoms with E-state index in [2.05, 4.69) is 29.4 Å². The molecule has 1 aliphatic rings. The summed E-state index contributed by atoms with van der Waals surface area (Å²) in [6.07, 6.45) is 4.70. The van der Waals surface area contributed by atoms with E-state index >= 15 is 0 Å². The molecule has 0 bridgehead atoms. The monoisotopic (exact) mass is 242 g/mol. The summed E-state index contributed by atoms with van der Waals surface area (Å²) in [5.41, 5.74) is 2.90. The molecule has 3 nitrogen and oxygen atoms in total. The van der Waals surface area contributed by atoms with Crippen LogP contribution in [0.3, 0.4) is 0 Å². The van der Waals surface area contributed by atoms with Crippen molar-refractivity contribution in [1.82, 2.24) is 10.3 Å². The van der Waals surface area contributed by atoms with Gasteiger partial charge in [0.15, 0.2) is 0 Å². The fraction of sp³-hybridized carbons (Fsp3) is 0.400. The quantitative estimate of drug-likeness (QED) is 0.834. The minimum atomic E-state index is 0.0238. The number of nitrogens with one attached hydrogen (secondary N) is 2. The van der Waals surface area contributed by atoms with E-state index in [9.17, 15) is 4.79 Å². The first kappa shape index (κ1) is 11.3. The van der Waals surface area contributed by atoms with E-state index in [-0.39, 0.29) is 5.91 Å². The third-order valence-electron chi connectivity index (χ3n) is 3.71. The van der Waals surface area contributed by atoms with Crippen molar-refractivity contribution in [3.8, 4) is 0 Å². The Labute approximate surface area is 107 Å². The van der Waals surface area contributed by atoms with Gasteiger partial charge in [0.1, 0.15) is 5.69 Å². The molecule has 1 aromatic carbocycles. The van der Waals surface area contributed by atoms with E-state index in [1.165, 1.54) is 18.4 Å². The molecule has 3 rings (SSSR count). The molecule has 94 valence electrons. The average Bonchev–Trinajstić information content (AvgIpc) is 2.96. The Morgan fingerprint density at radius 2 is 2.06 bits per heavy atom. The molecule has 0 spiro atoms. The lowest BCUT2D eigenvalue weighted by Gasteiger charge is -2.10. The Kier molecular flexibility index (Phi) is 2.82. The van der Waals surface area contributed by atoms with E-state index in [0.29, 0.717) is 11.7 Å². The Bertz CT molecular complexity index is 579. The van der Waals surface area contributed by atoms with Gasteiger partial charge in [0.25, 0.3) is 5.91 Å². The number of benzene rings is 1. The van der Waals surface area contributed by atoms with Gasteiger partial charge in [-0.25, -0.2) is 0 Å². The number of aromatic nitrogens is 1. The summed E-state index contributed by atoms with van der Waals surface area (Å²) in [6.45, 7) is 2.05. The zero-order valence-corrected chi connectivity index (χ0v) is 10.6. The Morgan fingerprint density at radius 1 is 1.28 bits per heavy atom. The fourth-order valence-electron chi connectivity index (χ4n) is 2.70. The van der Waals surface area contributed by atoms with Gasteiger partial charge in [-0.15, -0.1) is 0 Å². The highest BCUT2D eigenvalue weighted by atomic mass is 16.1. The van der Waals surface area contributed by atoms with Crippen molar-refractivity contribution < 1.29 is 4.79 Å². The Morgan fingerprint density at radius 3 is 2.83 bits per heavy atom. The molecular weight excluding hydrogens is 224 g/mol. The highest BCUT2D eigenvalue weighted by Gasteiger charge is 2.18. The number of hydrogen-bond donors (Lipinski definition) is 2. The number of amides is 1. The fourth-order valence-corrected chi connectivity index (χ4v) is 2.70. The molecule has 18 heavy (non-hydrogen) atoms. The van der Waals surface area contributed by atoms with E-state index in [0.717, 1.165) is 23.7 Å². The molecule has 1 aromatic heterocycles. The van der Waals surface area contributed by atoms with Gasteiger partial charge in [-0.2, -0.15) is 0 Å². The van der Waals surface area contributed by atoms with Crippen LogP contribution < -0.4 is 5.32 Å². The van der Waals surface area contributed by atoms with Crippen LogP contribution in [-0.4, -0.2) is 16.9 Å². The van der Waals surface area contributed by atoms with Gasteiger partial charge in [-0.05, 0) is 37.5 Å². The van der Waals surface area contributed by atoms with Crippen LogP contribution in [0.5, 0.6) is 0 Å².